The average molecular weight is 281 g/mol. The van der Waals surface area contributed by atoms with Crippen LogP contribution in [0.4, 0.5) is 5.82 Å². The van der Waals surface area contributed by atoms with E-state index in [-0.39, 0.29) is 0 Å². The Morgan fingerprint density at radius 3 is 2.78 bits per heavy atom. The molecule has 0 bridgehead atoms. The third kappa shape index (κ3) is 2.00. The quantitative estimate of drug-likeness (QED) is 0.919. The van der Waals surface area contributed by atoms with Gasteiger partial charge in [-0.3, -0.25) is 0 Å². The van der Waals surface area contributed by atoms with E-state index in [1.54, 1.807) is 17.5 Å². The van der Waals surface area contributed by atoms with Gasteiger partial charge >= 0.3 is 0 Å². The molecular weight excluding hydrogens is 268 g/mol. The molecule has 0 aromatic carbocycles. The number of hydrogen-bond donors (Lipinski definition) is 1. The number of thiophene rings is 1. The summed E-state index contributed by atoms with van der Waals surface area (Å²) >= 11 is 7.76. The molecule has 0 atom stereocenters. The van der Waals surface area contributed by atoms with Gasteiger partial charge in [-0.1, -0.05) is 11.6 Å². The van der Waals surface area contributed by atoms with Crippen molar-refractivity contribution >= 4 is 28.8 Å². The fourth-order valence-corrected chi connectivity index (χ4v) is 3.34. The minimum Gasteiger partial charge on any atom is -0.386 e. The van der Waals surface area contributed by atoms with Crippen molar-refractivity contribution in [3.63, 3.8) is 0 Å². The maximum absolute atomic E-state index is 9.83. The predicted molar refractivity (Wildman–Crippen MR) is 75.4 cm³/mol. The number of nitrogens with zero attached hydrogens (tertiary/aromatic N) is 2. The lowest BCUT2D eigenvalue weighted by Gasteiger charge is -2.45. The summed E-state index contributed by atoms with van der Waals surface area (Å²) in [6, 6.07) is 3.92. The molecular formula is C13H13ClN2OS. The smallest absolute Gasteiger partial charge is 0.136 e. The number of β-amino-alcohol motifs (C(OH)–C–C–N with tert-alkyl or cyclic N) is 1. The second-order valence-corrected chi connectivity index (χ2v) is 6.01. The minimum atomic E-state index is -0.604. The van der Waals surface area contributed by atoms with Crippen LogP contribution in [0.25, 0.3) is 11.1 Å². The minimum absolute atomic E-state index is 0.604. The first kappa shape index (κ1) is 12.0. The predicted octanol–water partition coefficient (Wildman–Crippen LogP) is 3.03. The van der Waals surface area contributed by atoms with Gasteiger partial charge < -0.3 is 10.0 Å². The molecule has 1 aliphatic heterocycles. The topological polar surface area (TPSA) is 36.4 Å². The number of aliphatic hydroxyl groups is 1. The van der Waals surface area contributed by atoms with E-state index < -0.39 is 5.60 Å². The molecule has 3 nitrogen and oxygen atoms in total. The highest BCUT2D eigenvalue weighted by Gasteiger charge is 2.38. The summed E-state index contributed by atoms with van der Waals surface area (Å²) in [5.41, 5.74) is 1.43. The zero-order chi connectivity index (χ0) is 12.8. The summed E-state index contributed by atoms with van der Waals surface area (Å²) in [6.45, 7) is 3.06. The van der Waals surface area contributed by atoms with Gasteiger partial charge in [0, 0.05) is 41.2 Å². The van der Waals surface area contributed by atoms with Crippen LogP contribution in [-0.4, -0.2) is 28.8 Å². The number of anilines is 1. The molecule has 2 aromatic rings. The second kappa shape index (κ2) is 4.23. The maximum Gasteiger partial charge on any atom is 0.136 e. The van der Waals surface area contributed by atoms with E-state index in [1.165, 1.54) is 0 Å². The average Bonchev–Trinajstić information content (AvgIpc) is 2.72. The lowest BCUT2D eigenvalue weighted by Crippen LogP contribution is -2.60. The van der Waals surface area contributed by atoms with Gasteiger partial charge in [0.2, 0.25) is 0 Å². The molecule has 1 fully saturated rings. The van der Waals surface area contributed by atoms with Crippen LogP contribution < -0.4 is 4.90 Å². The van der Waals surface area contributed by atoms with Gasteiger partial charge in [-0.25, -0.2) is 4.98 Å². The van der Waals surface area contributed by atoms with Gasteiger partial charge in [0.25, 0.3) is 0 Å². The largest absolute Gasteiger partial charge is 0.386 e. The Kier molecular flexibility index (Phi) is 2.81. The summed E-state index contributed by atoms with van der Waals surface area (Å²) < 4.78 is 0. The van der Waals surface area contributed by atoms with E-state index >= 15 is 0 Å². The Morgan fingerprint density at radius 2 is 2.17 bits per heavy atom. The van der Waals surface area contributed by atoms with Crippen molar-refractivity contribution < 1.29 is 5.11 Å². The van der Waals surface area contributed by atoms with Gasteiger partial charge in [0.05, 0.1) is 10.6 Å². The molecule has 1 aliphatic rings. The van der Waals surface area contributed by atoms with E-state index in [4.69, 9.17) is 11.6 Å². The lowest BCUT2D eigenvalue weighted by atomic mass is 9.96. The first-order chi connectivity index (χ1) is 8.57. The van der Waals surface area contributed by atoms with Crippen LogP contribution in [0.2, 0.25) is 5.02 Å². The van der Waals surface area contributed by atoms with Gasteiger partial charge in [0.15, 0.2) is 0 Å². The lowest BCUT2D eigenvalue weighted by molar-refractivity contribution is 0.0306. The molecule has 1 saturated heterocycles. The van der Waals surface area contributed by atoms with E-state index in [1.807, 2.05) is 29.8 Å². The number of halogens is 1. The van der Waals surface area contributed by atoms with Crippen molar-refractivity contribution in [3.8, 4) is 11.1 Å². The molecule has 0 saturated carbocycles. The van der Waals surface area contributed by atoms with Gasteiger partial charge in [-0.05, 0) is 19.1 Å². The Labute approximate surface area is 115 Å². The molecule has 0 amide bonds. The number of hydrogen-bond acceptors (Lipinski definition) is 4. The molecule has 0 aliphatic carbocycles. The SMILES string of the molecule is CC1(O)CN(c2ncccc2-c2cscc2Cl)C1. The van der Waals surface area contributed by atoms with Crippen LogP contribution in [0.15, 0.2) is 29.1 Å². The van der Waals surface area contributed by atoms with Crippen LogP contribution in [0.3, 0.4) is 0 Å². The van der Waals surface area contributed by atoms with Gasteiger partial charge in [0.1, 0.15) is 5.82 Å². The Balaban J connectivity index is 1.99. The highest BCUT2D eigenvalue weighted by Crippen LogP contribution is 2.38. The molecule has 94 valence electrons. The zero-order valence-corrected chi connectivity index (χ0v) is 11.5. The highest BCUT2D eigenvalue weighted by atomic mass is 35.5. The van der Waals surface area contributed by atoms with E-state index in [2.05, 4.69) is 9.88 Å². The number of rotatable bonds is 2. The van der Waals surface area contributed by atoms with Crippen LogP contribution in [0, 0.1) is 0 Å². The maximum atomic E-state index is 9.83. The normalized spacial score (nSPS) is 17.6. The van der Waals surface area contributed by atoms with Gasteiger partial charge in [-0.2, -0.15) is 11.3 Å². The second-order valence-electron chi connectivity index (χ2n) is 4.86. The van der Waals surface area contributed by atoms with Gasteiger partial charge in [-0.15, -0.1) is 0 Å². The first-order valence-electron chi connectivity index (χ1n) is 5.71. The Morgan fingerprint density at radius 1 is 1.39 bits per heavy atom. The summed E-state index contributed by atoms with van der Waals surface area (Å²) in [4.78, 5) is 6.50. The molecule has 5 heteroatoms. The molecule has 0 unspecified atom stereocenters. The number of pyridine rings is 1. The van der Waals surface area contributed by atoms with Crippen molar-refractivity contribution in [2.45, 2.75) is 12.5 Å². The first-order valence-corrected chi connectivity index (χ1v) is 7.03. The summed E-state index contributed by atoms with van der Waals surface area (Å²) in [5.74, 6) is 0.893. The Hall–Kier alpha value is -1.10. The molecule has 18 heavy (non-hydrogen) atoms. The molecule has 0 spiro atoms. The van der Waals surface area contributed by atoms with Crippen LogP contribution in [0.5, 0.6) is 0 Å². The van der Waals surface area contributed by atoms with Crippen molar-refractivity contribution in [2.24, 2.45) is 0 Å². The Bertz CT molecular complexity index is 574. The molecule has 0 radical (unpaired) electrons. The standard InChI is InChI=1S/C13H13ClN2OS/c1-13(17)7-16(8-13)12-9(3-2-4-15-12)10-5-18-6-11(10)14/h2-6,17H,7-8H2,1H3. The summed E-state index contributed by atoms with van der Waals surface area (Å²) in [7, 11) is 0. The van der Waals surface area contributed by atoms with Crippen LogP contribution in [-0.2, 0) is 0 Å². The third-order valence-corrected chi connectivity index (χ3v) is 4.24. The summed E-state index contributed by atoms with van der Waals surface area (Å²) in [6.07, 6.45) is 1.77. The van der Waals surface area contributed by atoms with Crippen molar-refractivity contribution in [2.75, 3.05) is 18.0 Å². The molecule has 1 N–H and O–H groups in total. The fourth-order valence-electron chi connectivity index (χ4n) is 2.26. The van der Waals surface area contributed by atoms with Crippen LogP contribution >= 0.6 is 22.9 Å². The van der Waals surface area contributed by atoms with E-state index in [9.17, 15) is 5.11 Å². The molecule has 3 rings (SSSR count). The van der Waals surface area contributed by atoms with Crippen molar-refractivity contribution in [1.82, 2.24) is 4.98 Å². The molecule has 2 aromatic heterocycles. The van der Waals surface area contributed by atoms with E-state index in [0.29, 0.717) is 13.1 Å². The van der Waals surface area contributed by atoms with Crippen LogP contribution in [0.1, 0.15) is 6.92 Å². The van der Waals surface area contributed by atoms with E-state index in [0.717, 1.165) is 22.0 Å². The van der Waals surface area contributed by atoms with Crippen molar-refractivity contribution in [3.05, 3.63) is 34.1 Å². The highest BCUT2D eigenvalue weighted by molar-refractivity contribution is 7.09. The molecule has 3 heterocycles. The third-order valence-electron chi connectivity index (χ3n) is 3.05. The monoisotopic (exact) mass is 280 g/mol. The zero-order valence-electron chi connectivity index (χ0n) is 9.93. The van der Waals surface area contributed by atoms with Crippen molar-refractivity contribution in [1.29, 1.82) is 0 Å². The fraction of sp³-hybridized carbons (Fsp3) is 0.308. The number of aromatic nitrogens is 1. The summed E-state index contributed by atoms with van der Waals surface area (Å²) in [5, 5.41) is 14.5.